The Morgan fingerprint density at radius 1 is 1.67 bits per heavy atom. The molecule has 0 radical (unpaired) electrons. The van der Waals surface area contributed by atoms with E-state index < -0.39 is 0 Å². The summed E-state index contributed by atoms with van der Waals surface area (Å²) < 4.78 is 1.38. The second-order valence-corrected chi connectivity index (χ2v) is 5.31. The Balaban J connectivity index is 2.98. The number of hydrogen-bond acceptors (Lipinski definition) is 3. The minimum atomic E-state index is -0.217. The summed E-state index contributed by atoms with van der Waals surface area (Å²) >= 11 is 1.91. The zero-order valence-corrected chi connectivity index (χ0v) is 12.8. The van der Waals surface area contributed by atoms with Gasteiger partial charge in [0.05, 0.1) is 40.3 Å². The van der Waals surface area contributed by atoms with Crippen molar-refractivity contribution in [2.24, 2.45) is 4.99 Å². The van der Waals surface area contributed by atoms with Gasteiger partial charge in [0.1, 0.15) is 0 Å². The highest BCUT2D eigenvalue weighted by Gasteiger charge is 2.17. The van der Waals surface area contributed by atoms with Crippen LogP contribution in [-0.2, 0) is 0 Å². The zero-order chi connectivity index (χ0) is 13.6. The number of aromatic nitrogens is 1. The molecule has 0 fully saturated rings. The van der Waals surface area contributed by atoms with Crippen molar-refractivity contribution in [3.05, 3.63) is 24.5 Å². The first-order chi connectivity index (χ1) is 8.48. The zero-order valence-electron chi connectivity index (χ0n) is 10.7. The molecule has 0 unspecified atom stereocenters. The molecule has 96 valence electrons. The van der Waals surface area contributed by atoms with Crippen molar-refractivity contribution in [2.75, 3.05) is 5.32 Å². The lowest BCUT2D eigenvalue weighted by atomic mass is 10.0. The second kappa shape index (κ2) is 6.54. The van der Waals surface area contributed by atoms with Crippen LogP contribution in [0.5, 0.6) is 0 Å². The molecular weight excluding hydrogens is 341 g/mol. The van der Waals surface area contributed by atoms with Crippen LogP contribution in [0, 0.1) is 11.5 Å². The third kappa shape index (κ3) is 4.49. The number of hydrogen-bond donors (Lipinski definition) is 1. The molecule has 0 saturated heterocycles. The number of aliphatic imine (C=N–C) groups is 1. The SMILES string of the molecule is CCC(C)(C)N=C(Nc1cccnc1)N(I)C#N. The van der Waals surface area contributed by atoms with Gasteiger partial charge in [0, 0.05) is 6.20 Å². The van der Waals surface area contributed by atoms with Gasteiger partial charge in [-0.25, -0.2) is 4.99 Å². The van der Waals surface area contributed by atoms with E-state index >= 15 is 0 Å². The van der Waals surface area contributed by atoms with Gasteiger partial charge in [-0.2, -0.15) is 8.38 Å². The molecule has 0 aliphatic carbocycles. The third-order valence-corrected chi connectivity index (χ3v) is 3.14. The van der Waals surface area contributed by atoms with Crippen LogP contribution in [0.4, 0.5) is 5.69 Å². The molecule has 0 amide bonds. The molecule has 1 aromatic heterocycles. The quantitative estimate of drug-likeness (QED) is 0.225. The van der Waals surface area contributed by atoms with E-state index in [-0.39, 0.29) is 5.54 Å². The van der Waals surface area contributed by atoms with Crippen molar-refractivity contribution >= 4 is 34.5 Å². The van der Waals surface area contributed by atoms with Gasteiger partial charge >= 0.3 is 0 Å². The van der Waals surface area contributed by atoms with Gasteiger partial charge in [0.25, 0.3) is 0 Å². The molecule has 0 aliphatic heterocycles. The van der Waals surface area contributed by atoms with E-state index in [2.05, 4.69) is 22.2 Å². The molecule has 1 rings (SSSR count). The normalized spacial score (nSPS) is 11.8. The molecule has 0 aromatic carbocycles. The topological polar surface area (TPSA) is 64.3 Å². The molecule has 1 N–H and O–H groups in total. The number of nitrogens with one attached hydrogen (secondary N) is 1. The van der Waals surface area contributed by atoms with Crippen LogP contribution >= 0.6 is 22.9 Å². The smallest absolute Gasteiger partial charge is 0.221 e. The fourth-order valence-corrected chi connectivity index (χ4v) is 1.33. The van der Waals surface area contributed by atoms with Crippen molar-refractivity contribution in [3.63, 3.8) is 0 Å². The molecule has 6 heteroatoms. The number of pyridine rings is 1. The Morgan fingerprint density at radius 2 is 2.39 bits per heavy atom. The number of rotatable bonds is 3. The summed E-state index contributed by atoms with van der Waals surface area (Å²) in [6.45, 7) is 6.12. The molecular formula is C12H16IN5. The molecule has 0 atom stereocenters. The van der Waals surface area contributed by atoms with Crippen LogP contribution < -0.4 is 5.32 Å². The van der Waals surface area contributed by atoms with Crippen molar-refractivity contribution < 1.29 is 0 Å². The molecule has 18 heavy (non-hydrogen) atoms. The highest BCUT2D eigenvalue weighted by molar-refractivity contribution is 14.1. The van der Waals surface area contributed by atoms with Crippen LogP contribution in [0.3, 0.4) is 0 Å². The highest BCUT2D eigenvalue weighted by Crippen LogP contribution is 2.16. The van der Waals surface area contributed by atoms with Gasteiger partial charge in [-0.1, -0.05) is 6.92 Å². The summed E-state index contributed by atoms with van der Waals surface area (Å²) in [5.41, 5.74) is 0.588. The number of nitriles is 1. The van der Waals surface area contributed by atoms with Gasteiger partial charge in [-0.15, -0.1) is 0 Å². The van der Waals surface area contributed by atoms with Gasteiger partial charge in [-0.3, -0.25) is 4.98 Å². The number of guanidine groups is 1. The summed E-state index contributed by atoms with van der Waals surface area (Å²) in [7, 11) is 0. The molecule has 1 heterocycles. The first-order valence-corrected chi connectivity index (χ1v) is 6.57. The monoisotopic (exact) mass is 357 g/mol. The lowest BCUT2D eigenvalue weighted by Gasteiger charge is -2.21. The molecule has 0 spiro atoms. The molecule has 1 aromatic rings. The van der Waals surface area contributed by atoms with Gasteiger partial charge < -0.3 is 5.32 Å². The van der Waals surface area contributed by atoms with Crippen LogP contribution in [0.2, 0.25) is 0 Å². The number of anilines is 1. The Labute approximate surface area is 121 Å². The Morgan fingerprint density at radius 3 is 2.89 bits per heavy atom. The number of halogens is 1. The molecule has 0 saturated carbocycles. The van der Waals surface area contributed by atoms with Crippen molar-refractivity contribution in [2.45, 2.75) is 32.7 Å². The Hall–Kier alpha value is -1.36. The summed E-state index contributed by atoms with van der Waals surface area (Å²) in [5, 5.41) is 12.1. The van der Waals surface area contributed by atoms with Crippen LogP contribution in [0.25, 0.3) is 0 Å². The van der Waals surface area contributed by atoms with E-state index in [1.807, 2.05) is 55.0 Å². The Bertz CT molecular complexity index is 449. The van der Waals surface area contributed by atoms with Crippen LogP contribution in [0.15, 0.2) is 29.5 Å². The molecule has 0 aliphatic rings. The first kappa shape index (κ1) is 14.7. The average molecular weight is 357 g/mol. The minimum Gasteiger partial charge on any atom is -0.323 e. The van der Waals surface area contributed by atoms with E-state index in [1.165, 1.54) is 3.11 Å². The lowest BCUT2D eigenvalue weighted by Crippen LogP contribution is -2.30. The number of nitrogens with zero attached hydrogens (tertiary/aromatic N) is 4. The fourth-order valence-electron chi connectivity index (χ4n) is 1.10. The average Bonchev–Trinajstić information content (AvgIpc) is 2.38. The van der Waals surface area contributed by atoms with Crippen molar-refractivity contribution in [3.8, 4) is 6.19 Å². The second-order valence-electron chi connectivity index (χ2n) is 4.35. The minimum absolute atomic E-state index is 0.217. The van der Waals surface area contributed by atoms with Gasteiger partial charge in [0.2, 0.25) is 5.96 Å². The summed E-state index contributed by atoms with van der Waals surface area (Å²) in [4.78, 5) is 8.58. The van der Waals surface area contributed by atoms with E-state index in [0.29, 0.717) is 5.96 Å². The Kier molecular flexibility index (Phi) is 5.34. The third-order valence-electron chi connectivity index (χ3n) is 2.47. The lowest BCUT2D eigenvalue weighted by molar-refractivity contribution is 0.501. The van der Waals surface area contributed by atoms with Crippen LogP contribution in [-0.4, -0.2) is 19.6 Å². The molecule has 5 nitrogen and oxygen atoms in total. The van der Waals surface area contributed by atoms with E-state index in [1.54, 1.807) is 12.4 Å². The predicted octanol–water partition coefficient (Wildman–Crippen LogP) is 3.17. The van der Waals surface area contributed by atoms with Gasteiger partial charge in [0.15, 0.2) is 6.19 Å². The highest BCUT2D eigenvalue weighted by atomic mass is 127. The largest absolute Gasteiger partial charge is 0.323 e. The van der Waals surface area contributed by atoms with Crippen molar-refractivity contribution in [1.82, 2.24) is 8.10 Å². The maximum Gasteiger partial charge on any atom is 0.221 e. The summed E-state index contributed by atoms with van der Waals surface area (Å²) in [6, 6.07) is 3.71. The van der Waals surface area contributed by atoms with Crippen LogP contribution in [0.1, 0.15) is 27.2 Å². The first-order valence-electron chi connectivity index (χ1n) is 5.61. The maximum absolute atomic E-state index is 8.98. The van der Waals surface area contributed by atoms with E-state index in [0.717, 1.165) is 12.1 Å². The standard InChI is InChI=1S/C12H16IN5/c1-4-12(2,3)17-11(18(13)9-14)16-10-6-5-7-15-8-10/h5-8H,4H2,1-3H3,(H,16,17). The van der Waals surface area contributed by atoms with Gasteiger partial charge in [-0.05, 0) is 32.4 Å². The van der Waals surface area contributed by atoms with E-state index in [9.17, 15) is 0 Å². The summed E-state index contributed by atoms with van der Waals surface area (Å²) in [6.07, 6.45) is 6.32. The maximum atomic E-state index is 8.98. The molecule has 0 bridgehead atoms. The summed E-state index contributed by atoms with van der Waals surface area (Å²) in [5.74, 6) is 0.512. The fraction of sp³-hybridized carbons (Fsp3) is 0.417. The van der Waals surface area contributed by atoms with E-state index in [4.69, 9.17) is 5.26 Å². The predicted molar refractivity (Wildman–Crippen MR) is 81.1 cm³/mol. The van der Waals surface area contributed by atoms with Crippen molar-refractivity contribution in [1.29, 1.82) is 5.26 Å².